The molecule has 0 saturated carbocycles. The van der Waals surface area contributed by atoms with Crippen molar-refractivity contribution in [2.45, 2.75) is 45.7 Å². The van der Waals surface area contributed by atoms with Gasteiger partial charge < -0.3 is 5.32 Å². The van der Waals surface area contributed by atoms with Crippen molar-refractivity contribution in [2.24, 2.45) is 5.92 Å². The summed E-state index contributed by atoms with van der Waals surface area (Å²) in [6.45, 7) is 6.29. The van der Waals surface area contributed by atoms with E-state index in [2.05, 4.69) is 59.3 Å². The number of nitrogens with one attached hydrogen (secondary N) is 1. The SMILES string of the molecule is CCNC(c1ccnn1CC)C1CCc2ccccc2C1. The first-order valence-corrected chi connectivity index (χ1v) is 8.15. The number of hydrogen-bond acceptors (Lipinski definition) is 2. The van der Waals surface area contributed by atoms with Gasteiger partial charge in [-0.2, -0.15) is 5.10 Å². The molecule has 1 heterocycles. The minimum absolute atomic E-state index is 0.408. The Labute approximate surface area is 127 Å². The van der Waals surface area contributed by atoms with Crippen molar-refractivity contribution in [1.29, 1.82) is 0 Å². The van der Waals surface area contributed by atoms with E-state index in [0.29, 0.717) is 12.0 Å². The van der Waals surface area contributed by atoms with E-state index in [1.807, 2.05) is 6.20 Å². The number of fused-ring (bicyclic) bond motifs is 1. The summed E-state index contributed by atoms with van der Waals surface area (Å²) in [6.07, 6.45) is 5.55. The average molecular weight is 283 g/mol. The highest BCUT2D eigenvalue weighted by Crippen LogP contribution is 2.34. The van der Waals surface area contributed by atoms with Gasteiger partial charge in [-0.1, -0.05) is 31.2 Å². The average Bonchev–Trinajstić information content (AvgIpc) is 3.00. The third-order valence-corrected chi connectivity index (χ3v) is 4.65. The van der Waals surface area contributed by atoms with Crippen molar-refractivity contribution in [3.63, 3.8) is 0 Å². The molecule has 3 heteroatoms. The Morgan fingerprint density at radius 1 is 1.24 bits per heavy atom. The van der Waals surface area contributed by atoms with Crippen molar-refractivity contribution >= 4 is 0 Å². The second-order valence-corrected chi connectivity index (χ2v) is 5.88. The predicted octanol–water partition coefficient (Wildman–Crippen LogP) is 3.36. The normalized spacial score (nSPS) is 19.2. The van der Waals surface area contributed by atoms with E-state index in [1.165, 1.54) is 36.1 Å². The molecule has 0 bridgehead atoms. The summed E-state index contributed by atoms with van der Waals surface area (Å²) in [4.78, 5) is 0. The van der Waals surface area contributed by atoms with Gasteiger partial charge in [-0.3, -0.25) is 4.68 Å². The molecule has 0 fully saturated rings. The monoisotopic (exact) mass is 283 g/mol. The Balaban J connectivity index is 1.86. The molecule has 2 atom stereocenters. The highest BCUT2D eigenvalue weighted by atomic mass is 15.3. The van der Waals surface area contributed by atoms with Crippen LogP contribution in [0.2, 0.25) is 0 Å². The highest BCUT2D eigenvalue weighted by molar-refractivity contribution is 5.30. The number of benzene rings is 1. The van der Waals surface area contributed by atoms with Crippen LogP contribution in [-0.2, 0) is 19.4 Å². The van der Waals surface area contributed by atoms with Crippen LogP contribution >= 0.6 is 0 Å². The van der Waals surface area contributed by atoms with Crippen LogP contribution in [-0.4, -0.2) is 16.3 Å². The molecule has 1 aromatic heterocycles. The standard InChI is InChI=1S/C18H25N3/c1-3-19-18(17-11-12-20-21(17)4-2)16-10-9-14-7-5-6-8-15(14)13-16/h5-8,11-12,16,18-19H,3-4,9-10,13H2,1-2H3. The van der Waals surface area contributed by atoms with Gasteiger partial charge in [0.15, 0.2) is 0 Å². The number of aryl methyl sites for hydroxylation is 2. The summed E-state index contributed by atoms with van der Waals surface area (Å²) in [6, 6.07) is 11.5. The van der Waals surface area contributed by atoms with Crippen LogP contribution in [0.1, 0.15) is 43.1 Å². The van der Waals surface area contributed by atoms with E-state index in [0.717, 1.165) is 13.1 Å². The molecule has 3 rings (SSSR count). The Hall–Kier alpha value is -1.61. The van der Waals surface area contributed by atoms with Gasteiger partial charge in [-0.15, -0.1) is 0 Å². The zero-order chi connectivity index (χ0) is 14.7. The van der Waals surface area contributed by atoms with Gasteiger partial charge in [0.2, 0.25) is 0 Å². The summed E-state index contributed by atoms with van der Waals surface area (Å²) >= 11 is 0. The molecule has 1 aliphatic rings. The van der Waals surface area contributed by atoms with Gasteiger partial charge in [0.1, 0.15) is 0 Å². The molecule has 3 nitrogen and oxygen atoms in total. The van der Waals surface area contributed by atoms with Gasteiger partial charge in [-0.25, -0.2) is 0 Å². The maximum absolute atomic E-state index is 4.45. The second kappa shape index (κ2) is 6.44. The molecule has 112 valence electrons. The van der Waals surface area contributed by atoms with E-state index >= 15 is 0 Å². The maximum Gasteiger partial charge on any atom is 0.0556 e. The molecule has 1 aliphatic carbocycles. The van der Waals surface area contributed by atoms with Crippen molar-refractivity contribution < 1.29 is 0 Å². The van der Waals surface area contributed by atoms with Gasteiger partial charge >= 0.3 is 0 Å². The van der Waals surface area contributed by atoms with Crippen molar-refractivity contribution in [1.82, 2.24) is 15.1 Å². The molecule has 0 aliphatic heterocycles. The number of hydrogen-bond donors (Lipinski definition) is 1. The van der Waals surface area contributed by atoms with Crippen LogP contribution in [0, 0.1) is 5.92 Å². The first-order chi connectivity index (χ1) is 10.3. The van der Waals surface area contributed by atoms with Gasteiger partial charge in [0.05, 0.1) is 11.7 Å². The first kappa shape index (κ1) is 14.3. The van der Waals surface area contributed by atoms with Crippen LogP contribution < -0.4 is 5.32 Å². The van der Waals surface area contributed by atoms with E-state index in [4.69, 9.17) is 0 Å². The first-order valence-electron chi connectivity index (χ1n) is 8.15. The Morgan fingerprint density at radius 2 is 2.05 bits per heavy atom. The highest BCUT2D eigenvalue weighted by Gasteiger charge is 2.28. The molecule has 2 aromatic rings. The molecule has 0 spiro atoms. The predicted molar refractivity (Wildman–Crippen MR) is 86.3 cm³/mol. The van der Waals surface area contributed by atoms with Gasteiger partial charge in [-0.05, 0) is 55.8 Å². The molecular weight excluding hydrogens is 258 g/mol. The lowest BCUT2D eigenvalue weighted by Crippen LogP contribution is -2.33. The quantitative estimate of drug-likeness (QED) is 0.912. The third kappa shape index (κ3) is 2.88. The zero-order valence-electron chi connectivity index (χ0n) is 13.0. The topological polar surface area (TPSA) is 29.9 Å². The largest absolute Gasteiger partial charge is 0.309 e. The van der Waals surface area contributed by atoms with Crippen LogP contribution in [0.3, 0.4) is 0 Å². The van der Waals surface area contributed by atoms with E-state index in [-0.39, 0.29) is 0 Å². The smallest absolute Gasteiger partial charge is 0.0556 e. The molecular formula is C18H25N3. The van der Waals surface area contributed by atoms with Crippen molar-refractivity contribution in [3.8, 4) is 0 Å². The van der Waals surface area contributed by atoms with Crippen LogP contribution in [0.4, 0.5) is 0 Å². The van der Waals surface area contributed by atoms with E-state index in [1.54, 1.807) is 0 Å². The minimum atomic E-state index is 0.408. The fraction of sp³-hybridized carbons (Fsp3) is 0.500. The van der Waals surface area contributed by atoms with Crippen molar-refractivity contribution in [2.75, 3.05) is 6.54 Å². The lowest BCUT2D eigenvalue weighted by molar-refractivity contribution is 0.314. The van der Waals surface area contributed by atoms with Crippen LogP contribution in [0.5, 0.6) is 0 Å². The molecule has 2 unspecified atom stereocenters. The Morgan fingerprint density at radius 3 is 2.81 bits per heavy atom. The van der Waals surface area contributed by atoms with Gasteiger partial charge in [0.25, 0.3) is 0 Å². The summed E-state index contributed by atoms with van der Waals surface area (Å²) < 4.78 is 2.13. The molecule has 0 amide bonds. The number of nitrogens with zero attached hydrogens (tertiary/aromatic N) is 2. The fourth-order valence-electron chi connectivity index (χ4n) is 3.61. The Bertz CT molecular complexity index is 588. The van der Waals surface area contributed by atoms with E-state index in [9.17, 15) is 0 Å². The molecule has 1 N–H and O–H groups in total. The van der Waals surface area contributed by atoms with Gasteiger partial charge in [0, 0.05) is 12.7 Å². The second-order valence-electron chi connectivity index (χ2n) is 5.88. The fourth-order valence-corrected chi connectivity index (χ4v) is 3.61. The molecule has 0 saturated heterocycles. The summed E-state index contributed by atoms with van der Waals surface area (Å²) in [5.74, 6) is 0.654. The summed E-state index contributed by atoms with van der Waals surface area (Å²) in [5.41, 5.74) is 4.40. The maximum atomic E-state index is 4.45. The minimum Gasteiger partial charge on any atom is -0.309 e. The summed E-state index contributed by atoms with van der Waals surface area (Å²) in [7, 11) is 0. The van der Waals surface area contributed by atoms with Crippen LogP contribution in [0.25, 0.3) is 0 Å². The molecule has 21 heavy (non-hydrogen) atoms. The molecule has 0 radical (unpaired) electrons. The number of aromatic nitrogens is 2. The van der Waals surface area contributed by atoms with Crippen molar-refractivity contribution in [3.05, 3.63) is 53.3 Å². The zero-order valence-corrected chi connectivity index (χ0v) is 13.0. The Kier molecular flexibility index (Phi) is 4.39. The lowest BCUT2D eigenvalue weighted by Gasteiger charge is -2.32. The van der Waals surface area contributed by atoms with E-state index < -0.39 is 0 Å². The lowest BCUT2D eigenvalue weighted by atomic mass is 9.79. The number of rotatable bonds is 5. The summed E-state index contributed by atoms with van der Waals surface area (Å²) in [5, 5.41) is 8.15. The third-order valence-electron chi connectivity index (χ3n) is 4.65. The molecule has 1 aromatic carbocycles. The van der Waals surface area contributed by atoms with Crippen LogP contribution in [0.15, 0.2) is 36.5 Å².